The minimum Gasteiger partial charge on any atom is -0.478 e. The van der Waals surface area contributed by atoms with Crippen molar-refractivity contribution in [1.29, 1.82) is 0 Å². The van der Waals surface area contributed by atoms with Crippen molar-refractivity contribution >= 4 is 5.97 Å². The van der Waals surface area contributed by atoms with Crippen molar-refractivity contribution in [2.75, 3.05) is 13.1 Å². The third-order valence-corrected chi connectivity index (χ3v) is 6.19. The van der Waals surface area contributed by atoms with Crippen LogP contribution < -0.4 is 5.32 Å². The molecule has 0 saturated carbocycles. The molecule has 0 atom stereocenters. The van der Waals surface area contributed by atoms with Gasteiger partial charge in [-0.3, -0.25) is 0 Å². The number of hydrogen-bond acceptors (Lipinski definition) is 4. The van der Waals surface area contributed by atoms with Gasteiger partial charge in [-0.1, -0.05) is 29.5 Å². The average Bonchev–Trinajstić information content (AvgIpc) is 3.36. The molecule has 0 bridgehead atoms. The summed E-state index contributed by atoms with van der Waals surface area (Å²) >= 11 is 0. The lowest BCUT2D eigenvalue weighted by Gasteiger charge is -2.23. The summed E-state index contributed by atoms with van der Waals surface area (Å²) in [7, 11) is 0. The fourth-order valence-electron chi connectivity index (χ4n) is 4.31. The van der Waals surface area contributed by atoms with Crippen LogP contribution in [0.2, 0.25) is 0 Å². The van der Waals surface area contributed by atoms with Crippen LogP contribution in [0.5, 0.6) is 0 Å². The van der Waals surface area contributed by atoms with Crippen LogP contribution in [0, 0.1) is 11.6 Å². The first-order valence-electron chi connectivity index (χ1n) is 11.1. The minimum atomic E-state index is -1.06. The van der Waals surface area contributed by atoms with Crippen molar-refractivity contribution in [1.82, 2.24) is 20.3 Å². The highest BCUT2D eigenvalue weighted by Crippen LogP contribution is 2.30. The Morgan fingerprint density at radius 3 is 2.35 bits per heavy atom. The highest BCUT2D eigenvalue weighted by Gasteiger charge is 2.16. The van der Waals surface area contributed by atoms with E-state index >= 15 is 0 Å². The molecule has 3 aromatic carbocycles. The Kier molecular flexibility index (Phi) is 5.90. The number of carbonyl (C=O) groups is 1. The monoisotopic (exact) mass is 460 g/mol. The Morgan fingerprint density at radius 2 is 1.65 bits per heavy atom. The van der Waals surface area contributed by atoms with E-state index in [0.717, 1.165) is 49.2 Å². The average molecular weight is 460 g/mol. The second-order valence-electron chi connectivity index (χ2n) is 8.40. The van der Waals surface area contributed by atoms with E-state index in [9.17, 15) is 18.7 Å². The van der Waals surface area contributed by atoms with Crippen molar-refractivity contribution < 1.29 is 18.7 Å². The number of aromatic nitrogens is 3. The molecule has 6 nitrogen and oxygen atoms in total. The van der Waals surface area contributed by atoms with Gasteiger partial charge >= 0.3 is 5.97 Å². The molecule has 1 aliphatic heterocycles. The largest absolute Gasteiger partial charge is 0.478 e. The molecule has 2 heterocycles. The number of carboxylic acid groups (broad SMARTS) is 1. The van der Waals surface area contributed by atoms with Crippen LogP contribution in [0.25, 0.3) is 28.1 Å². The number of piperidine rings is 1. The van der Waals surface area contributed by atoms with E-state index in [1.165, 1.54) is 22.4 Å². The van der Waals surface area contributed by atoms with Crippen LogP contribution in [0.3, 0.4) is 0 Å². The van der Waals surface area contributed by atoms with Gasteiger partial charge in [0.15, 0.2) is 11.6 Å². The van der Waals surface area contributed by atoms with Gasteiger partial charge in [0.25, 0.3) is 0 Å². The zero-order valence-electron chi connectivity index (χ0n) is 18.2. The van der Waals surface area contributed by atoms with Gasteiger partial charge in [-0.25, -0.2) is 18.3 Å². The molecular formula is C26H22F2N4O2. The highest BCUT2D eigenvalue weighted by molar-refractivity contribution is 5.90. The maximum Gasteiger partial charge on any atom is 0.335 e. The van der Waals surface area contributed by atoms with Crippen LogP contribution in [0.4, 0.5) is 8.78 Å². The normalized spacial score (nSPS) is 14.3. The number of nitrogens with zero attached hydrogens (tertiary/aromatic N) is 3. The van der Waals surface area contributed by atoms with Gasteiger partial charge in [0.1, 0.15) is 5.69 Å². The summed E-state index contributed by atoms with van der Waals surface area (Å²) in [6, 6.07) is 16.7. The Hall–Kier alpha value is -3.91. The first-order valence-corrected chi connectivity index (χ1v) is 11.1. The quantitative estimate of drug-likeness (QED) is 0.436. The van der Waals surface area contributed by atoms with Crippen molar-refractivity contribution in [3.63, 3.8) is 0 Å². The summed E-state index contributed by atoms with van der Waals surface area (Å²) in [6.45, 7) is 2.03. The molecule has 1 fully saturated rings. The summed E-state index contributed by atoms with van der Waals surface area (Å²) in [5.74, 6) is -2.45. The Labute approximate surface area is 194 Å². The van der Waals surface area contributed by atoms with Crippen LogP contribution in [0.15, 0.2) is 66.9 Å². The number of aromatic carboxylic acids is 1. The number of halogens is 2. The SMILES string of the molecule is O=C(O)c1cc(-c2ccc(C3CCNCC3)cc2)cc(-n2cc(-c3ccc(F)c(F)c3)nn2)c1. The summed E-state index contributed by atoms with van der Waals surface area (Å²) in [4.78, 5) is 11.8. The van der Waals surface area contributed by atoms with Crippen molar-refractivity contribution in [3.8, 4) is 28.1 Å². The number of nitrogens with one attached hydrogen (secondary N) is 1. The van der Waals surface area contributed by atoms with Crippen LogP contribution in [-0.4, -0.2) is 39.2 Å². The van der Waals surface area contributed by atoms with Gasteiger partial charge in [-0.15, -0.1) is 5.10 Å². The summed E-state index contributed by atoms with van der Waals surface area (Å²) in [5, 5.41) is 21.1. The number of carboxylic acids is 1. The van der Waals surface area contributed by atoms with Crippen LogP contribution in [0.1, 0.15) is 34.7 Å². The Balaban J connectivity index is 1.48. The number of hydrogen-bond donors (Lipinski definition) is 2. The maximum atomic E-state index is 13.6. The first-order chi connectivity index (χ1) is 16.5. The molecule has 8 heteroatoms. The van der Waals surface area contributed by atoms with Crippen molar-refractivity contribution in [3.05, 3.63) is 89.6 Å². The van der Waals surface area contributed by atoms with Gasteiger partial charge in [-0.2, -0.15) is 0 Å². The lowest BCUT2D eigenvalue weighted by atomic mass is 9.89. The molecule has 4 aromatic rings. The standard InChI is InChI=1S/C26H22F2N4O2/c27-23-6-5-19(14-24(23)28)25-15-32(31-30-25)22-12-20(11-21(13-22)26(33)34)17-3-1-16(2-4-17)18-7-9-29-10-8-18/h1-6,11-15,18,29H,7-10H2,(H,33,34). The van der Waals surface area contributed by atoms with Gasteiger partial charge < -0.3 is 10.4 Å². The van der Waals surface area contributed by atoms with Crippen molar-refractivity contribution in [2.45, 2.75) is 18.8 Å². The molecule has 0 unspecified atom stereocenters. The van der Waals surface area contributed by atoms with Gasteiger partial charge in [0.05, 0.1) is 17.4 Å². The van der Waals surface area contributed by atoms with E-state index in [-0.39, 0.29) is 5.56 Å². The van der Waals surface area contributed by atoms with E-state index in [1.54, 1.807) is 12.3 Å². The summed E-state index contributed by atoms with van der Waals surface area (Å²) in [5.41, 5.74) is 4.23. The van der Waals surface area contributed by atoms with Gasteiger partial charge in [0, 0.05) is 5.56 Å². The molecule has 2 N–H and O–H groups in total. The summed E-state index contributed by atoms with van der Waals surface area (Å²) in [6.07, 6.45) is 3.76. The molecule has 1 aliphatic rings. The van der Waals surface area contributed by atoms with Gasteiger partial charge in [-0.05, 0) is 84.9 Å². The highest BCUT2D eigenvalue weighted by atomic mass is 19.2. The molecule has 0 amide bonds. The number of rotatable bonds is 5. The van der Waals surface area contributed by atoms with Crippen molar-refractivity contribution in [2.24, 2.45) is 0 Å². The second-order valence-corrected chi connectivity index (χ2v) is 8.40. The number of benzene rings is 3. The van der Waals surface area contributed by atoms with E-state index < -0.39 is 17.6 Å². The zero-order valence-corrected chi connectivity index (χ0v) is 18.2. The lowest BCUT2D eigenvalue weighted by Crippen LogP contribution is -2.26. The molecule has 5 rings (SSSR count). The zero-order chi connectivity index (χ0) is 23.7. The van der Waals surface area contributed by atoms with Crippen LogP contribution >= 0.6 is 0 Å². The Bertz CT molecular complexity index is 1350. The minimum absolute atomic E-state index is 0.111. The van der Waals surface area contributed by atoms with Gasteiger partial charge in [0.2, 0.25) is 0 Å². The molecular weight excluding hydrogens is 438 g/mol. The smallest absolute Gasteiger partial charge is 0.335 e. The predicted molar refractivity (Wildman–Crippen MR) is 124 cm³/mol. The third-order valence-electron chi connectivity index (χ3n) is 6.19. The maximum absolute atomic E-state index is 13.6. The molecule has 1 saturated heterocycles. The van der Waals surface area contributed by atoms with E-state index in [0.29, 0.717) is 22.9 Å². The lowest BCUT2D eigenvalue weighted by molar-refractivity contribution is 0.0697. The molecule has 172 valence electrons. The molecule has 0 aliphatic carbocycles. The first kappa shape index (κ1) is 21.9. The second kappa shape index (κ2) is 9.15. The molecule has 1 aromatic heterocycles. The third kappa shape index (κ3) is 4.45. The fraction of sp³-hybridized carbons (Fsp3) is 0.192. The Morgan fingerprint density at radius 1 is 0.912 bits per heavy atom. The molecule has 0 radical (unpaired) electrons. The fourth-order valence-corrected chi connectivity index (χ4v) is 4.31. The molecule has 0 spiro atoms. The topological polar surface area (TPSA) is 80.0 Å². The van der Waals surface area contributed by atoms with Crippen LogP contribution in [-0.2, 0) is 0 Å². The summed E-state index contributed by atoms with van der Waals surface area (Å²) < 4.78 is 28.3. The van der Waals surface area contributed by atoms with E-state index in [1.807, 2.05) is 18.2 Å². The van der Waals surface area contributed by atoms with E-state index in [4.69, 9.17) is 0 Å². The van der Waals surface area contributed by atoms with E-state index in [2.05, 4.69) is 27.8 Å². The predicted octanol–water partition coefficient (Wildman–Crippen LogP) is 5.04. The molecule has 34 heavy (non-hydrogen) atoms.